The summed E-state index contributed by atoms with van der Waals surface area (Å²) in [5.74, 6) is 0.487. The summed E-state index contributed by atoms with van der Waals surface area (Å²) in [5, 5.41) is 14.5. The fourth-order valence-electron chi connectivity index (χ4n) is 2.69. The zero-order valence-electron chi connectivity index (χ0n) is 15.4. The number of hydrogen-bond acceptors (Lipinski definition) is 10. The predicted octanol–water partition coefficient (Wildman–Crippen LogP) is 1.88. The van der Waals surface area contributed by atoms with E-state index in [1.165, 1.54) is 12.3 Å². The molecular formula is C18H15N7O5. The highest BCUT2D eigenvalue weighted by atomic mass is 16.7. The lowest BCUT2D eigenvalue weighted by molar-refractivity contribution is -0.383. The molecule has 0 spiro atoms. The Morgan fingerprint density at radius 3 is 2.73 bits per heavy atom. The van der Waals surface area contributed by atoms with E-state index >= 15 is 0 Å². The number of fused-ring (bicyclic) bond motifs is 1. The highest BCUT2D eigenvalue weighted by Crippen LogP contribution is 2.33. The monoisotopic (exact) mass is 409 g/mol. The number of carbonyl (C=O) groups excluding carboxylic acids is 1. The number of rotatable bonds is 7. The summed E-state index contributed by atoms with van der Waals surface area (Å²) in [7, 11) is 0. The van der Waals surface area contributed by atoms with E-state index in [1.807, 2.05) is 0 Å². The van der Waals surface area contributed by atoms with Crippen molar-refractivity contribution in [2.45, 2.75) is 6.54 Å². The van der Waals surface area contributed by atoms with Gasteiger partial charge < -0.3 is 14.8 Å². The van der Waals surface area contributed by atoms with Crippen LogP contribution in [0.2, 0.25) is 0 Å². The number of nitro groups is 1. The molecule has 12 nitrogen and oxygen atoms in total. The standard InChI is InChI=1S/C18H15N7O5/c26-18(12-3-1-2-6-19-12)24-23-17-15(25(27)28)16(21-9-22-17)20-8-11-4-5-13-14(7-11)30-10-29-13/h1-7,9H,8,10H2,(H,24,26)(H2,20,21,22,23). The lowest BCUT2D eigenvalue weighted by atomic mass is 10.2. The van der Waals surface area contributed by atoms with Crippen LogP contribution in [0.1, 0.15) is 16.1 Å². The van der Waals surface area contributed by atoms with Crippen molar-refractivity contribution in [2.24, 2.45) is 0 Å². The van der Waals surface area contributed by atoms with E-state index in [2.05, 4.69) is 31.1 Å². The zero-order valence-corrected chi connectivity index (χ0v) is 15.4. The summed E-state index contributed by atoms with van der Waals surface area (Å²) in [6.07, 6.45) is 2.60. The molecular weight excluding hydrogens is 394 g/mol. The smallest absolute Gasteiger partial charge is 0.354 e. The minimum Gasteiger partial charge on any atom is -0.454 e. The van der Waals surface area contributed by atoms with Gasteiger partial charge in [0.2, 0.25) is 18.4 Å². The Labute approximate surface area is 169 Å². The van der Waals surface area contributed by atoms with Gasteiger partial charge in [0.05, 0.1) is 4.92 Å². The fraction of sp³-hybridized carbons (Fsp3) is 0.111. The molecule has 4 rings (SSSR count). The Bertz CT molecular complexity index is 1090. The average molecular weight is 409 g/mol. The summed E-state index contributed by atoms with van der Waals surface area (Å²) in [6, 6.07) is 10.1. The van der Waals surface area contributed by atoms with Crippen LogP contribution in [-0.2, 0) is 6.54 Å². The molecule has 0 unspecified atom stereocenters. The van der Waals surface area contributed by atoms with Gasteiger partial charge in [-0.1, -0.05) is 12.1 Å². The van der Waals surface area contributed by atoms with Gasteiger partial charge in [-0.3, -0.25) is 30.7 Å². The fourth-order valence-corrected chi connectivity index (χ4v) is 2.69. The number of ether oxygens (including phenoxy) is 2. The van der Waals surface area contributed by atoms with Crippen molar-refractivity contribution in [3.63, 3.8) is 0 Å². The molecule has 0 radical (unpaired) electrons. The molecule has 3 aromatic rings. The van der Waals surface area contributed by atoms with E-state index < -0.39 is 16.5 Å². The maximum Gasteiger partial charge on any atom is 0.354 e. The first-order chi connectivity index (χ1) is 14.6. The minimum absolute atomic E-state index is 0.0118. The maximum atomic E-state index is 12.1. The van der Waals surface area contributed by atoms with Gasteiger partial charge in [-0.15, -0.1) is 0 Å². The average Bonchev–Trinajstić information content (AvgIpc) is 3.24. The topological polar surface area (TPSA) is 153 Å². The van der Waals surface area contributed by atoms with Gasteiger partial charge in [0.25, 0.3) is 5.91 Å². The predicted molar refractivity (Wildman–Crippen MR) is 104 cm³/mol. The Morgan fingerprint density at radius 1 is 1.10 bits per heavy atom. The van der Waals surface area contributed by atoms with Crippen molar-refractivity contribution in [3.8, 4) is 11.5 Å². The van der Waals surface area contributed by atoms with Crippen LogP contribution in [0.15, 0.2) is 48.9 Å². The van der Waals surface area contributed by atoms with Crippen molar-refractivity contribution in [1.82, 2.24) is 20.4 Å². The third-order valence-electron chi connectivity index (χ3n) is 4.09. The van der Waals surface area contributed by atoms with Crippen LogP contribution in [0.3, 0.4) is 0 Å². The van der Waals surface area contributed by atoms with Crippen molar-refractivity contribution >= 4 is 23.2 Å². The van der Waals surface area contributed by atoms with Gasteiger partial charge >= 0.3 is 5.69 Å². The number of nitrogens with zero attached hydrogens (tertiary/aromatic N) is 4. The highest BCUT2D eigenvalue weighted by molar-refractivity contribution is 5.93. The highest BCUT2D eigenvalue weighted by Gasteiger charge is 2.24. The Balaban J connectivity index is 1.48. The van der Waals surface area contributed by atoms with E-state index in [9.17, 15) is 14.9 Å². The van der Waals surface area contributed by atoms with Crippen LogP contribution in [-0.4, -0.2) is 32.6 Å². The molecule has 0 atom stereocenters. The molecule has 0 saturated carbocycles. The molecule has 1 aliphatic heterocycles. The normalized spacial score (nSPS) is 11.6. The first-order valence-corrected chi connectivity index (χ1v) is 8.71. The van der Waals surface area contributed by atoms with Crippen LogP contribution in [0.5, 0.6) is 11.5 Å². The molecule has 0 aliphatic carbocycles. The van der Waals surface area contributed by atoms with Gasteiger partial charge in [-0.2, -0.15) is 0 Å². The summed E-state index contributed by atoms with van der Waals surface area (Å²) < 4.78 is 10.6. The first-order valence-electron chi connectivity index (χ1n) is 8.71. The molecule has 2 aromatic heterocycles. The van der Waals surface area contributed by atoms with Crippen LogP contribution in [0.25, 0.3) is 0 Å². The lowest BCUT2D eigenvalue weighted by Crippen LogP contribution is -2.31. The Kier molecular flexibility index (Phi) is 5.19. The van der Waals surface area contributed by atoms with E-state index in [-0.39, 0.29) is 30.7 Å². The maximum absolute atomic E-state index is 12.1. The number of amides is 1. The molecule has 30 heavy (non-hydrogen) atoms. The van der Waals surface area contributed by atoms with E-state index in [1.54, 1.807) is 30.3 Å². The second-order valence-electron chi connectivity index (χ2n) is 6.01. The van der Waals surface area contributed by atoms with Gasteiger partial charge in [-0.05, 0) is 29.8 Å². The largest absolute Gasteiger partial charge is 0.454 e. The second-order valence-corrected chi connectivity index (χ2v) is 6.01. The summed E-state index contributed by atoms with van der Waals surface area (Å²) in [4.78, 5) is 34.8. The number of pyridine rings is 1. The molecule has 3 heterocycles. The molecule has 1 amide bonds. The van der Waals surface area contributed by atoms with E-state index in [0.29, 0.717) is 11.5 Å². The molecule has 0 bridgehead atoms. The summed E-state index contributed by atoms with van der Waals surface area (Å²) >= 11 is 0. The van der Waals surface area contributed by atoms with E-state index in [0.717, 1.165) is 11.9 Å². The minimum atomic E-state index is -0.642. The van der Waals surface area contributed by atoms with Gasteiger partial charge in [0.1, 0.15) is 12.0 Å². The SMILES string of the molecule is O=C(NNc1ncnc(NCc2ccc3c(c2)OCO3)c1[N+](=O)[O-])c1ccccn1. The Hall–Kier alpha value is -4.48. The zero-order chi connectivity index (χ0) is 20.9. The molecule has 3 N–H and O–H groups in total. The molecule has 1 aliphatic rings. The lowest BCUT2D eigenvalue weighted by Gasteiger charge is -2.11. The van der Waals surface area contributed by atoms with Gasteiger partial charge in [0, 0.05) is 12.7 Å². The third kappa shape index (κ3) is 4.01. The number of nitrogens with one attached hydrogen (secondary N) is 3. The number of anilines is 2. The van der Waals surface area contributed by atoms with Crippen LogP contribution in [0.4, 0.5) is 17.3 Å². The van der Waals surface area contributed by atoms with Crippen LogP contribution >= 0.6 is 0 Å². The first kappa shape index (κ1) is 18.9. The van der Waals surface area contributed by atoms with Crippen molar-refractivity contribution in [3.05, 3.63) is 70.3 Å². The van der Waals surface area contributed by atoms with Gasteiger partial charge in [-0.25, -0.2) is 9.97 Å². The molecule has 12 heteroatoms. The number of hydrogen-bond donors (Lipinski definition) is 3. The Morgan fingerprint density at radius 2 is 1.93 bits per heavy atom. The van der Waals surface area contributed by atoms with Gasteiger partial charge in [0.15, 0.2) is 11.5 Å². The molecule has 1 aromatic carbocycles. The number of carbonyl (C=O) groups is 1. The number of aromatic nitrogens is 3. The summed E-state index contributed by atoms with van der Waals surface area (Å²) in [5.41, 5.74) is 5.33. The second kappa shape index (κ2) is 8.26. The van der Waals surface area contributed by atoms with E-state index in [4.69, 9.17) is 9.47 Å². The number of hydrazine groups is 1. The molecule has 0 fully saturated rings. The van der Waals surface area contributed by atoms with Crippen molar-refractivity contribution in [2.75, 3.05) is 17.5 Å². The number of benzene rings is 1. The third-order valence-corrected chi connectivity index (χ3v) is 4.09. The van der Waals surface area contributed by atoms with Crippen molar-refractivity contribution in [1.29, 1.82) is 0 Å². The quantitative estimate of drug-likeness (QED) is 0.389. The molecule has 152 valence electrons. The van der Waals surface area contributed by atoms with Crippen LogP contribution < -0.4 is 25.6 Å². The van der Waals surface area contributed by atoms with Crippen LogP contribution in [0, 0.1) is 10.1 Å². The van der Waals surface area contributed by atoms with Crippen molar-refractivity contribution < 1.29 is 19.2 Å². The summed E-state index contributed by atoms with van der Waals surface area (Å²) in [6.45, 7) is 0.400. The molecule has 0 saturated heterocycles.